The molecule has 27 heavy (non-hydrogen) atoms. The Bertz CT molecular complexity index is 678. The van der Waals surface area contributed by atoms with Crippen LogP contribution in [0.1, 0.15) is 39.0 Å². The summed E-state index contributed by atoms with van der Waals surface area (Å²) in [4.78, 5) is 28.9. The molecule has 1 aliphatic heterocycles. The number of nitrogens with zero attached hydrogens (tertiary/aromatic N) is 2. The fraction of sp³-hybridized carbons (Fsp3) is 0.895. The van der Waals surface area contributed by atoms with Crippen LogP contribution in [0.4, 0.5) is 0 Å². The highest BCUT2D eigenvalue weighted by Gasteiger charge is 2.43. The summed E-state index contributed by atoms with van der Waals surface area (Å²) in [7, 11) is 0.669. The predicted molar refractivity (Wildman–Crippen MR) is 104 cm³/mol. The fourth-order valence-corrected chi connectivity index (χ4v) is 6.92. The Kier molecular flexibility index (Phi) is 6.15. The Balaban J connectivity index is 1.62. The van der Waals surface area contributed by atoms with E-state index in [1.54, 1.807) is 0 Å². The van der Waals surface area contributed by atoms with Crippen molar-refractivity contribution >= 4 is 21.7 Å². The highest BCUT2D eigenvalue weighted by molar-refractivity contribution is 7.91. The molecule has 1 N–H and O–H groups in total. The van der Waals surface area contributed by atoms with Crippen molar-refractivity contribution in [2.75, 3.05) is 38.7 Å². The van der Waals surface area contributed by atoms with Gasteiger partial charge in [-0.25, -0.2) is 8.42 Å². The molecule has 154 valence electrons. The molecule has 0 radical (unpaired) electrons. The largest absolute Gasteiger partial charge is 0.345 e. The van der Waals surface area contributed by atoms with Crippen molar-refractivity contribution in [2.45, 2.75) is 51.1 Å². The first kappa shape index (κ1) is 20.6. The van der Waals surface area contributed by atoms with E-state index in [9.17, 15) is 18.0 Å². The number of rotatable bonds is 6. The van der Waals surface area contributed by atoms with Crippen LogP contribution < -0.4 is 5.32 Å². The third-order valence-electron chi connectivity index (χ3n) is 6.69. The van der Waals surface area contributed by atoms with E-state index in [0.717, 1.165) is 12.3 Å². The van der Waals surface area contributed by atoms with Crippen molar-refractivity contribution in [3.8, 4) is 0 Å². The second kappa shape index (κ2) is 8.07. The number of nitrogens with one attached hydrogen (secondary N) is 1. The Morgan fingerprint density at radius 3 is 2.37 bits per heavy atom. The second-order valence-electron chi connectivity index (χ2n) is 8.96. The highest BCUT2D eigenvalue weighted by Crippen LogP contribution is 2.49. The minimum absolute atomic E-state index is 0.0141. The molecule has 2 bridgehead atoms. The molecule has 5 unspecified atom stereocenters. The van der Waals surface area contributed by atoms with Gasteiger partial charge in [0.15, 0.2) is 9.84 Å². The lowest BCUT2D eigenvalue weighted by Gasteiger charge is -2.31. The lowest BCUT2D eigenvalue weighted by atomic mass is 9.84. The van der Waals surface area contributed by atoms with Crippen molar-refractivity contribution < 1.29 is 18.0 Å². The van der Waals surface area contributed by atoms with Gasteiger partial charge in [0, 0.05) is 25.2 Å². The van der Waals surface area contributed by atoms with Crippen LogP contribution in [0.15, 0.2) is 0 Å². The molecule has 8 heteroatoms. The van der Waals surface area contributed by atoms with E-state index < -0.39 is 27.7 Å². The van der Waals surface area contributed by atoms with Crippen molar-refractivity contribution in [1.82, 2.24) is 15.1 Å². The maximum absolute atomic E-state index is 12.9. The smallest absolute Gasteiger partial charge is 0.312 e. The molecule has 0 spiro atoms. The van der Waals surface area contributed by atoms with Gasteiger partial charge in [-0.1, -0.05) is 6.42 Å². The van der Waals surface area contributed by atoms with E-state index in [-0.39, 0.29) is 17.5 Å². The molecule has 0 aromatic heterocycles. The maximum Gasteiger partial charge on any atom is 0.312 e. The van der Waals surface area contributed by atoms with E-state index in [2.05, 4.69) is 5.32 Å². The first-order chi connectivity index (χ1) is 12.7. The number of likely N-dealkylation sites (N-methyl/N-ethyl adjacent to an activating group) is 1. The number of hydrogen-bond acceptors (Lipinski definition) is 5. The molecular formula is C19H33N3O4S. The SMILES string of the molecule is CC(NC(=O)C(=O)N(CCN(C)C)C1CCS(=O)(=O)C1)C1CC2CCC1C2. The zero-order chi connectivity index (χ0) is 19.8. The molecule has 0 aromatic carbocycles. The summed E-state index contributed by atoms with van der Waals surface area (Å²) in [5.41, 5.74) is 0. The van der Waals surface area contributed by atoms with Gasteiger partial charge in [0.1, 0.15) is 0 Å². The van der Waals surface area contributed by atoms with Gasteiger partial charge in [-0.3, -0.25) is 9.59 Å². The van der Waals surface area contributed by atoms with Gasteiger partial charge in [0.2, 0.25) is 0 Å². The van der Waals surface area contributed by atoms with Crippen LogP contribution in [0.3, 0.4) is 0 Å². The summed E-state index contributed by atoms with van der Waals surface area (Å²) < 4.78 is 23.7. The van der Waals surface area contributed by atoms with Crippen LogP contribution in [0.5, 0.6) is 0 Å². The van der Waals surface area contributed by atoms with Crippen molar-refractivity contribution in [2.24, 2.45) is 17.8 Å². The third kappa shape index (κ3) is 4.83. The molecule has 5 atom stereocenters. The van der Waals surface area contributed by atoms with Crippen LogP contribution in [-0.2, 0) is 19.4 Å². The monoisotopic (exact) mass is 399 g/mol. The highest BCUT2D eigenvalue weighted by atomic mass is 32.2. The Morgan fingerprint density at radius 1 is 1.11 bits per heavy atom. The van der Waals surface area contributed by atoms with Crippen LogP contribution in [0, 0.1) is 17.8 Å². The third-order valence-corrected chi connectivity index (χ3v) is 8.44. The van der Waals surface area contributed by atoms with E-state index in [0.29, 0.717) is 31.3 Å². The second-order valence-corrected chi connectivity index (χ2v) is 11.2. The quantitative estimate of drug-likeness (QED) is 0.658. The topological polar surface area (TPSA) is 86.8 Å². The Hall–Kier alpha value is -1.15. The first-order valence-corrected chi connectivity index (χ1v) is 11.9. The van der Waals surface area contributed by atoms with Crippen LogP contribution in [0.2, 0.25) is 0 Å². The fourth-order valence-electron chi connectivity index (χ4n) is 5.19. The number of amides is 2. The maximum atomic E-state index is 12.9. The summed E-state index contributed by atoms with van der Waals surface area (Å²) in [5, 5.41) is 2.93. The van der Waals surface area contributed by atoms with E-state index in [1.165, 1.54) is 24.2 Å². The summed E-state index contributed by atoms with van der Waals surface area (Å²) in [6.45, 7) is 2.96. The average molecular weight is 400 g/mol. The zero-order valence-corrected chi connectivity index (χ0v) is 17.5. The summed E-state index contributed by atoms with van der Waals surface area (Å²) in [6.07, 6.45) is 5.35. The van der Waals surface area contributed by atoms with Gasteiger partial charge >= 0.3 is 11.8 Å². The number of sulfone groups is 1. The van der Waals surface area contributed by atoms with Crippen molar-refractivity contribution in [3.05, 3.63) is 0 Å². The molecule has 3 rings (SSSR count). The minimum Gasteiger partial charge on any atom is -0.345 e. The molecule has 2 aliphatic carbocycles. The summed E-state index contributed by atoms with van der Waals surface area (Å²) in [5.74, 6) is 0.791. The normalized spacial score (nSPS) is 32.6. The standard InChI is InChI=1S/C19H33N3O4S/c1-13(17-11-14-4-5-15(17)10-14)20-18(23)19(24)22(8-7-21(2)3)16-6-9-27(25,26)12-16/h13-17H,4-12H2,1-3H3,(H,20,23). The number of carbonyl (C=O) groups is 2. The summed E-state index contributed by atoms with van der Waals surface area (Å²) >= 11 is 0. The van der Waals surface area contributed by atoms with Crippen LogP contribution in [-0.4, -0.2) is 80.8 Å². The number of hydrogen-bond donors (Lipinski definition) is 1. The molecule has 2 amide bonds. The van der Waals surface area contributed by atoms with Gasteiger partial charge in [-0.2, -0.15) is 0 Å². The van der Waals surface area contributed by atoms with Gasteiger partial charge in [0.05, 0.1) is 11.5 Å². The van der Waals surface area contributed by atoms with E-state index >= 15 is 0 Å². The van der Waals surface area contributed by atoms with Gasteiger partial charge in [0.25, 0.3) is 0 Å². The average Bonchev–Trinajstić information content (AvgIpc) is 3.30. The number of fused-ring (bicyclic) bond motifs is 2. The van der Waals surface area contributed by atoms with Gasteiger partial charge < -0.3 is 15.1 Å². The molecule has 1 heterocycles. The molecule has 3 fully saturated rings. The van der Waals surface area contributed by atoms with E-state index in [4.69, 9.17) is 0 Å². The first-order valence-electron chi connectivity index (χ1n) is 10.1. The molecule has 3 aliphatic rings. The Labute approximate surface area is 162 Å². The predicted octanol–water partition coefficient (Wildman–Crippen LogP) is 0.505. The molecular weight excluding hydrogens is 366 g/mol. The van der Waals surface area contributed by atoms with Gasteiger partial charge in [-0.05, 0) is 64.5 Å². The lowest BCUT2D eigenvalue weighted by molar-refractivity contribution is -0.147. The molecule has 1 saturated heterocycles. The number of carbonyl (C=O) groups excluding carboxylic acids is 2. The molecule has 0 aromatic rings. The van der Waals surface area contributed by atoms with Gasteiger partial charge in [-0.15, -0.1) is 0 Å². The van der Waals surface area contributed by atoms with Crippen molar-refractivity contribution in [1.29, 1.82) is 0 Å². The summed E-state index contributed by atoms with van der Waals surface area (Å²) in [6, 6.07) is -0.411. The Morgan fingerprint density at radius 2 is 1.85 bits per heavy atom. The van der Waals surface area contributed by atoms with Crippen molar-refractivity contribution in [3.63, 3.8) is 0 Å². The van der Waals surface area contributed by atoms with E-state index in [1.807, 2.05) is 25.9 Å². The zero-order valence-electron chi connectivity index (χ0n) is 16.7. The lowest BCUT2D eigenvalue weighted by Crippen LogP contribution is -2.53. The minimum atomic E-state index is -3.12. The van der Waals surface area contributed by atoms with Crippen LogP contribution in [0.25, 0.3) is 0 Å². The molecule has 2 saturated carbocycles. The van der Waals surface area contributed by atoms with Crippen LogP contribution >= 0.6 is 0 Å². The molecule has 7 nitrogen and oxygen atoms in total.